The third-order valence-electron chi connectivity index (χ3n) is 5.94. The van der Waals surface area contributed by atoms with Crippen molar-refractivity contribution in [1.82, 2.24) is 9.55 Å². The van der Waals surface area contributed by atoms with Crippen molar-refractivity contribution >= 4 is 40.1 Å². The van der Waals surface area contributed by atoms with Crippen molar-refractivity contribution < 1.29 is 19.4 Å². The number of benzene rings is 3. The number of hydrogen-bond acceptors (Lipinski definition) is 5. The van der Waals surface area contributed by atoms with Gasteiger partial charge in [0.1, 0.15) is 11.6 Å². The van der Waals surface area contributed by atoms with Gasteiger partial charge >= 0.3 is 5.97 Å². The molecule has 1 amide bonds. The molecule has 0 radical (unpaired) electrons. The number of carbonyl (C=O) groups excluding carboxylic acids is 1. The number of allylic oxidation sites excluding steroid dienone is 1. The molecule has 0 spiro atoms. The summed E-state index contributed by atoms with van der Waals surface area (Å²) >= 11 is 0. The summed E-state index contributed by atoms with van der Waals surface area (Å²) in [5.41, 5.74) is 2.55. The minimum absolute atomic E-state index is 0.0468. The molecule has 0 saturated carbocycles. The number of carbonyl (C=O) groups is 2. The van der Waals surface area contributed by atoms with E-state index in [9.17, 15) is 19.5 Å². The summed E-state index contributed by atoms with van der Waals surface area (Å²) in [6.07, 6.45) is 2.67. The highest BCUT2D eigenvalue weighted by Gasteiger charge is 2.22. The van der Waals surface area contributed by atoms with Gasteiger partial charge in [0.05, 0.1) is 29.1 Å². The van der Waals surface area contributed by atoms with Crippen LogP contribution in [0.2, 0.25) is 0 Å². The molecule has 4 aromatic rings. The van der Waals surface area contributed by atoms with Gasteiger partial charge in [0, 0.05) is 12.2 Å². The number of aromatic carboxylic acids is 1. The van der Waals surface area contributed by atoms with Crippen molar-refractivity contribution in [2.24, 2.45) is 0 Å². The number of aromatic nitrogens is 2. The average Bonchev–Trinajstić information content (AvgIpc) is 3.26. The standard InChI is InChI=1S/C27H21N3O5/c1-35-19-6-4-5-16(14-19)13-17-11-12-30-24(17)29-23-15-18(9-10-22(23)26(30)32)28-25(31)20-7-2-3-8-21(20)27(33)34/h2-10,13-15H,11-12H2,1H3,(H,28,31)(H,33,34)/b17-13+. The second kappa shape index (κ2) is 8.90. The molecule has 0 fully saturated rings. The number of nitrogens with zero attached hydrogens (tertiary/aromatic N) is 2. The van der Waals surface area contributed by atoms with Crippen LogP contribution in [-0.2, 0) is 6.54 Å². The van der Waals surface area contributed by atoms with E-state index in [2.05, 4.69) is 5.32 Å². The molecule has 0 atom stereocenters. The lowest BCUT2D eigenvalue weighted by atomic mass is 10.1. The fourth-order valence-electron chi connectivity index (χ4n) is 4.23. The number of methoxy groups -OCH3 is 1. The molecule has 0 aliphatic carbocycles. The summed E-state index contributed by atoms with van der Waals surface area (Å²) in [5, 5.41) is 12.5. The van der Waals surface area contributed by atoms with E-state index in [0.717, 1.165) is 16.9 Å². The summed E-state index contributed by atoms with van der Waals surface area (Å²) in [6, 6.07) is 18.5. The molecule has 35 heavy (non-hydrogen) atoms. The SMILES string of the molecule is COc1cccc(/C=C2\CCn3c2nc2cc(NC(=O)c4ccccc4C(=O)O)ccc2c3=O)c1. The molecule has 0 bridgehead atoms. The third-order valence-corrected chi connectivity index (χ3v) is 5.94. The van der Waals surface area contributed by atoms with Crippen LogP contribution in [0.4, 0.5) is 5.69 Å². The van der Waals surface area contributed by atoms with Crippen LogP contribution >= 0.6 is 0 Å². The fraction of sp³-hybridized carbons (Fsp3) is 0.111. The van der Waals surface area contributed by atoms with Gasteiger partial charge in [-0.2, -0.15) is 0 Å². The predicted molar refractivity (Wildman–Crippen MR) is 133 cm³/mol. The normalized spacial score (nSPS) is 13.6. The van der Waals surface area contributed by atoms with Crippen LogP contribution in [0, 0.1) is 0 Å². The Hall–Kier alpha value is -4.72. The number of amides is 1. The number of rotatable bonds is 5. The highest BCUT2D eigenvalue weighted by molar-refractivity contribution is 6.11. The van der Waals surface area contributed by atoms with Crippen LogP contribution in [0.1, 0.15) is 38.5 Å². The monoisotopic (exact) mass is 467 g/mol. The van der Waals surface area contributed by atoms with Crippen LogP contribution in [0.25, 0.3) is 22.6 Å². The molecule has 174 valence electrons. The zero-order valence-corrected chi connectivity index (χ0v) is 18.8. The lowest BCUT2D eigenvalue weighted by Crippen LogP contribution is -2.21. The maximum Gasteiger partial charge on any atom is 0.336 e. The van der Waals surface area contributed by atoms with E-state index in [1.54, 1.807) is 42.0 Å². The molecule has 3 aromatic carbocycles. The predicted octanol–water partition coefficient (Wildman–Crippen LogP) is 4.30. The van der Waals surface area contributed by atoms with E-state index >= 15 is 0 Å². The summed E-state index contributed by atoms with van der Waals surface area (Å²) < 4.78 is 6.96. The Morgan fingerprint density at radius 3 is 2.63 bits per heavy atom. The highest BCUT2D eigenvalue weighted by atomic mass is 16.5. The lowest BCUT2D eigenvalue weighted by molar-refractivity contribution is 0.0692. The molecular weight excluding hydrogens is 446 g/mol. The van der Waals surface area contributed by atoms with Crippen LogP contribution in [-0.4, -0.2) is 33.6 Å². The number of anilines is 1. The molecule has 5 rings (SSSR count). The van der Waals surface area contributed by atoms with Crippen LogP contribution in [0.3, 0.4) is 0 Å². The maximum absolute atomic E-state index is 13.1. The van der Waals surface area contributed by atoms with Gasteiger partial charge < -0.3 is 15.2 Å². The molecule has 1 aromatic heterocycles. The smallest absolute Gasteiger partial charge is 0.336 e. The first-order valence-corrected chi connectivity index (χ1v) is 11.0. The Bertz CT molecular complexity index is 1590. The van der Waals surface area contributed by atoms with E-state index in [1.807, 2.05) is 30.3 Å². The van der Waals surface area contributed by atoms with Crippen LogP contribution in [0.5, 0.6) is 5.75 Å². The Balaban J connectivity index is 1.51. The summed E-state index contributed by atoms with van der Waals surface area (Å²) in [6.45, 7) is 0.539. The number of carboxylic acid groups (broad SMARTS) is 1. The summed E-state index contributed by atoms with van der Waals surface area (Å²) in [5.74, 6) is -0.412. The number of hydrogen-bond donors (Lipinski definition) is 2. The first-order valence-electron chi connectivity index (χ1n) is 11.0. The van der Waals surface area contributed by atoms with Crippen molar-refractivity contribution in [1.29, 1.82) is 0 Å². The maximum atomic E-state index is 13.1. The van der Waals surface area contributed by atoms with Crippen molar-refractivity contribution in [3.05, 3.63) is 99.6 Å². The zero-order chi connectivity index (χ0) is 24.5. The summed E-state index contributed by atoms with van der Waals surface area (Å²) in [7, 11) is 1.61. The van der Waals surface area contributed by atoms with Gasteiger partial charge in [-0.25, -0.2) is 9.78 Å². The molecule has 2 heterocycles. The van der Waals surface area contributed by atoms with Crippen molar-refractivity contribution in [2.75, 3.05) is 12.4 Å². The second-order valence-corrected chi connectivity index (χ2v) is 8.13. The van der Waals surface area contributed by atoms with Gasteiger partial charge in [0.25, 0.3) is 11.5 Å². The summed E-state index contributed by atoms with van der Waals surface area (Å²) in [4.78, 5) is 42.1. The minimum atomic E-state index is -1.19. The Morgan fingerprint density at radius 2 is 1.86 bits per heavy atom. The lowest BCUT2D eigenvalue weighted by Gasteiger charge is -2.10. The van der Waals surface area contributed by atoms with Gasteiger partial charge in [-0.1, -0.05) is 24.3 Å². The molecule has 8 nitrogen and oxygen atoms in total. The van der Waals surface area contributed by atoms with Crippen molar-refractivity contribution in [3.8, 4) is 5.75 Å². The Morgan fingerprint density at radius 1 is 1.06 bits per heavy atom. The fourth-order valence-corrected chi connectivity index (χ4v) is 4.23. The number of carboxylic acids is 1. The Labute approximate surface area is 200 Å². The van der Waals surface area contributed by atoms with E-state index < -0.39 is 11.9 Å². The first-order chi connectivity index (χ1) is 16.9. The molecule has 0 saturated heterocycles. The van der Waals surface area contributed by atoms with Gasteiger partial charge in [0.15, 0.2) is 0 Å². The Kier molecular flexibility index (Phi) is 5.62. The van der Waals surface area contributed by atoms with E-state index in [4.69, 9.17) is 9.72 Å². The van der Waals surface area contributed by atoms with Crippen LogP contribution in [0.15, 0.2) is 71.5 Å². The number of ether oxygens (including phenoxy) is 1. The van der Waals surface area contributed by atoms with Crippen molar-refractivity contribution in [3.63, 3.8) is 0 Å². The van der Waals surface area contributed by atoms with E-state index in [1.165, 1.54) is 12.1 Å². The molecule has 1 aliphatic rings. The van der Waals surface area contributed by atoms with Crippen molar-refractivity contribution in [2.45, 2.75) is 13.0 Å². The van der Waals surface area contributed by atoms with Gasteiger partial charge in [-0.3, -0.25) is 14.2 Å². The second-order valence-electron chi connectivity index (χ2n) is 8.13. The largest absolute Gasteiger partial charge is 0.497 e. The molecular formula is C27H21N3O5. The van der Waals surface area contributed by atoms with E-state index in [-0.39, 0.29) is 16.7 Å². The topological polar surface area (TPSA) is 111 Å². The quantitative estimate of drug-likeness (QED) is 0.453. The number of nitrogens with one attached hydrogen (secondary N) is 1. The number of fused-ring (bicyclic) bond motifs is 2. The third kappa shape index (κ3) is 4.17. The minimum Gasteiger partial charge on any atom is -0.497 e. The van der Waals surface area contributed by atoms with E-state index in [0.29, 0.717) is 35.4 Å². The molecule has 8 heteroatoms. The molecule has 0 unspecified atom stereocenters. The van der Waals surface area contributed by atoms with Gasteiger partial charge in [-0.05, 0) is 66.1 Å². The van der Waals surface area contributed by atoms with Gasteiger partial charge in [0.2, 0.25) is 0 Å². The van der Waals surface area contributed by atoms with Crippen LogP contribution < -0.4 is 15.6 Å². The molecule has 2 N–H and O–H groups in total. The highest BCUT2D eigenvalue weighted by Crippen LogP contribution is 2.29. The van der Waals surface area contributed by atoms with Gasteiger partial charge in [-0.15, -0.1) is 0 Å². The zero-order valence-electron chi connectivity index (χ0n) is 18.8. The average molecular weight is 467 g/mol. The molecule has 1 aliphatic heterocycles. The first kappa shape index (κ1) is 22.1.